The Bertz CT molecular complexity index is 2320. The van der Waals surface area contributed by atoms with E-state index in [-0.39, 0.29) is 48.4 Å². The number of amides is 3. The number of piperazine rings is 1. The topological polar surface area (TPSA) is 139 Å². The first kappa shape index (κ1) is 41.1. The van der Waals surface area contributed by atoms with Gasteiger partial charge in [-0.1, -0.05) is 29.5 Å². The van der Waals surface area contributed by atoms with Crippen LogP contribution in [0.5, 0.6) is 0 Å². The number of hydrogen-bond acceptors (Lipinski definition) is 11. The minimum absolute atomic E-state index is 0.0196. The summed E-state index contributed by atoms with van der Waals surface area (Å²) in [5.74, 6) is 0.000629. The van der Waals surface area contributed by atoms with E-state index in [0.29, 0.717) is 29.1 Å². The maximum atomic E-state index is 15.0. The molecule has 5 aliphatic rings. The molecule has 61 heavy (non-hydrogen) atoms. The number of likely N-dealkylation sites (tertiary alicyclic amines) is 2. The van der Waals surface area contributed by atoms with E-state index in [1.54, 1.807) is 24.3 Å². The van der Waals surface area contributed by atoms with Crippen molar-refractivity contribution in [1.29, 1.82) is 0 Å². The number of hydrogen-bond donors (Lipinski definition) is 2. The van der Waals surface area contributed by atoms with Crippen molar-refractivity contribution in [3.05, 3.63) is 93.5 Å². The van der Waals surface area contributed by atoms with Crippen LogP contribution < -0.4 is 21.1 Å². The number of benzene rings is 3. The Hall–Kier alpha value is -5.25. The van der Waals surface area contributed by atoms with Crippen LogP contribution in [0.3, 0.4) is 0 Å². The molecule has 4 aliphatic heterocycles. The monoisotopic (exact) mass is 832 g/mol. The van der Waals surface area contributed by atoms with Crippen LogP contribution in [0.1, 0.15) is 73.2 Å². The van der Waals surface area contributed by atoms with Gasteiger partial charge < -0.3 is 20.0 Å². The molecule has 1 aliphatic carbocycles. The van der Waals surface area contributed by atoms with Gasteiger partial charge >= 0.3 is 0 Å². The largest absolute Gasteiger partial charge is 0.376 e. The number of aromatic nitrogens is 3. The lowest BCUT2D eigenvalue weighted by Crippen LogP contribution is -2.47. The van der Waals surface area contributed by atoms with Crippen molar-refractivity contribution in [3.63, 3.8) is 0 Å². The fraction of sp³-hybridized carbons (Fsp3) is 0.522. The highest BCUT2D eigenvalue weighted by molar-refractivity contribution is 5.99. The maximum absolute atomic E-state index is 15.0. The van der Waals surface area contributed by atoms with E-state index in [1.165, 1.54) is 16.8 Å². The number of anilines is 2. The predicted octanol–water partition coefficient (Wildman–Crippen LogP) is 3.79. The smallest absolute Gasteiger partial charge is 0.278 e. The summed E-state index contributed by atoms with van der Waals surface area (Å²) in [5, 5.41) is 13.8. The molecule has 0 saturated carbocycles. The molecule has 322 valence electrons. The van der Waals surface area contributed by atoms with Gasteiger partial charge in [-0.2, -0.15) is 4.68 Å². The first-order valence-corrected chi connectivity index (χ1v) is 22.1. The van der Waals surface area contributed by atoms with Crippen LogP contribution in [-0.2, 0) is 20.8 Å². The molecule has 2 unspecified atom stereocenters. The zero-order valence-electron chi connectivity index (χ0n) is 35.3. The van der Waals surface area contributed by atoms with Crippen molar-refractivity contribution >= 4 is 40.0 Å². The number of likely N-dealkylation sites (N-methyl/N-ethyl adjacent to an activating group) is 1. The molecule has 4 fully saturated rings. The van der Waals surface area contributed by atoms with E-state index in [2.05, 4.69) is 85.0 Å². The highest BCUT2D eigenvalue weighted by Gasteiger charge is 2.41. The molecule has 4 atom stereocenters. The van der Waals surface area contributed by atoms with E-state index in [4.69, 9.17) is 0 Å². The van der Waals surface area contributed by atoms with E-state index in [9.17, 15) is 23.6 Å². The van der Waals surface area contributed by atoms with Crippen LogP contribution >= 0.6 is 0 Å². The lowest BCUT2D eigenvalue weighted by atomic mass is 9.93. The average molecular weight is 833 g/mol. The first-order chi connectivity index (χ1) is 29.6. The SMILES string of the molecule is CN(C)[C@H]1CN(C2CCc3cccc(F)c32)C[C@@H]1c1ccc(N2CCN(CCC3CCN(C(=O)CNc4ccc5nnn(C6CCC(=O)NC6=O)c(=O)c5c4)CC3)CC2)cc1. The van der Waals surface area contributed by atoms with Gasteiger partial charge in [0.25, 0.3) is 11.5 Å². The second-order valence-electron chi connectivity index (χ2n) is 17.9. The number of imide groups is 1. The highest BCUT2D eigenvalue weighted by Crippen LogP contribution is 2.42. The zero-order valence-corrected chi connectivity index (χ0v) is 35.3. The minimum atomic E-state index is -0.896. The maximum Gasteiger partial charge on any atom is 0.278 e. The number of fused-ring (bicyclic) bond motifs is 2. The fourth-order valence-corrected chi connectivity index (χ4v) is 10.5. The Morgan fingerprint density at radius 2 is 1.66 bits per heavy atom. The van der Waals surface area contributed by atoms with Crippen LogP contribution in [0.15, 0.2) is 65.5 Å². The third kappa shape index (κ3) is 8.64. The van der Waals surface area contributed by atoms with Gasteiger partial charge in [-0.05, 0) is 113 Å². The van der Waals surface area contributed by atoms with Gasteiger partial charge in [0.2, 0.25) is 11.8 Å². The zero-order chi connectivity index (χ0) is 42.2. The van der Waals surface area contributed by atoms with Crippen molar-refractivity contribution in [2.24, 2.45) is 5.92 Å². The van der Waals surface area contributed by atoms with Gasteiger partial charge in [0.1, 0.15) is 17.4 Å². The molecule has 3 aromatic carbocycles. The van der Waals surface area contributed by atoms with Crippen molar-refractivity contribution < 1.29 is 18.8 Å². The number of aryl methyl sites for hydroxylation is 1. The Morgan fingerprint density at radius 3 is 2.41 bits per heavy atom. The van der Waals surface area contributed by atoms with E-state index in [1.807, 2.05) is 11.0 Å². The Balaban J connectivity index is 0.707. The number of nitrogens with zero attached hydrogens (tertiary/aromatic N) is 8. The Labute approximate surface area is 356 Å². The summed E-state index contributed by atoms with van der Waals surface area (Å²) in [6.45, 7) is 8.63. The van der Waals surface area contributed by atoms with Crippen molar-refractivity contribution in [3.8, 4) is 0 Å². The van der Waals surface area contributed by atoms with Gasteiger partial charge in [0.15, 0.2) is 0 Å². The molecule has 4 aromatic rings. The number of halogens is 1. The summed E-state index contributed by atoms with van der Waals surface area (Å²) in [7, 11) is 4.34. The van der Waals surface area contributed by atoms with E-state index >= 15 is 0 Å². The quantitative estimate of drug-likeness (QED) is 0.214. The number of piperidine rings is 2. The Kier molecular flexibility index (Phi) is 11.9. The standard InChI is InChI=1S/C46H57FN10O4/c1-52(2)41-29-56(39-13-8-32-4-3-5-37(47)44(32)39)28-36(41)31-6-10-34(11-7-31)54-24-22-53(23-25-54)19-16-30-17-20-55(21-18-30)43(59)27-48-33-9-12-38-35(26-33)46(61)57(51-50-38)40-14-15-42(58)49-45(40)60/h3-7,9-12,26,30,36,39-41,48H,8,13-25,27-29H2,1-2H3,(H,49,58,60)/t36-,39?,40?,41+/m1/s1. The highest BCUT2D eigenvalue weighted by atomic mass is 19.1. The van der Waals surface area contributed by atoms with Crippen LogP contribution in [0.4, 0.5) is 15.8 Å². The predicted molar refractivity (Wildman–Crippen MR) is 232 cm³/mol. The van der Waals surface area contributed by atoms with Crippen molar-refractivity contribution in [1.82, 2.24) is 39.9 Å². The second-order valence-corrected chi connectivity index (χ2v) is 17.9. The third-order valence-electron chi connectivity index (χ3n) is 14.1. The lowest BCUT2D eigenvalue weighted by Gasteiger charge is -2.38. The summed E-state index contributed by atoms with van der Waals surface area (Å²) >= 11 is 0. The van der Waals surface area contributed by atoms with Gasteiger partial charge in [-0.3, -0.25) is 34.3 Å². The molecule has 1 aromatic heterocycles. The minimum Gasteiger partial charge on any atom is -0.376 e. The molecule has 4 saturated heterocycles. The molecular formula is C46H57FN10O4. The molecule has 5 heterocycles. The summed E-state index contributed by atoms with van der Waals surface area (Å²) in [6.07, 6.45) is 5.37. The summed E-state index contributed by atoms with van der Waals surface area (Å²) in [5.41, 5.74) is 5.25. The molecular weight excluding hydrogens is 776 g/mol. The van der Waals surface area contributed by atoms with Crippen LogP contribution in [-0.4, -0.2) is 138 Å². The molecule has 0 bridgehead atoms. The van der Waals surface area contributed by atoms with Gasteiger partial charge in [0.05, 0.1) is 11.9 Å². The third-order valence-corrected chi connectivity index (χ3v) is 14.1. The number of nitrogens with one attached hydrogen (secondary N) is 2. The molecule has 15 heteroatoms. The fourth-order valence-electron chi connectivity index (χ4n) is 10.5. The van der Waals surface area contributed by atoms with Crippen LogP contribution in [0, 0.1) is 11.7 Å². The average Bonchev–Trinajstić information content (AvgIpc) is 3.92. The number of rotatable bonds is 11. The van der Waals surface area contributed by atoms with Gasteiger partial charge in [-0.25, -0.2) is 4.39 Å². The molecule has 9 rings (SSSR count). The van der Waals surface area contributed by atoms with Crippen molar-refractivity contribution in [2.45, 2.75) is 69.0 Å². The number of carbonyl (C=O) groups is 3. The van der Waals surface area contributed by atoms with Crippen molar-refractivity contribution in [2.75, 3.05) is 89.8 Å². The van der Waals surface area contributed by atoms with Crippen LogP contribution in [0.2, 0.25) is 0 Å². The Morgan fingerprint density at radius 1 is 0.885 bits per heavy atom. The summed E-state index contributed by atoms with van der Waals surface area (Å²) in [4.78, 5) is 62.3. The summed E-state index contributed by atoms with van der Waals surface area (Å²) < 4.78 is 16.0. The normalized spacial score (nSPS) is 24.1. The molecule has 14 nitrogen and oxygen atoms in total. The first-order valence-electron chi connectivity index (χ1n) is 22.1. The van der Waals surface area contributed by atoms with Gasteiger partial charge in [-0.15, -0.1) is 5.10 Å². The van der Waals surface area contributed by atoms with Crippen LogP contribution in [0.25, 0.3) is 10.9 Å². The van der Waals surface area contributed by atoms with Gasteiger partial charge in [0, 0.05) is 93.7 Å². The molecule has 2 N–H and O–H groups in total. The van der Waals surface area contributed by atoms with E-state index < -0.39 is 17.5 Å². The molecule has 0 spiro atoms. The summed E-state index contributed by atoms with van der Waals surface area (Å²) in [6, 6.07) is 19.5. The lowest BCUT2D eigenvalue weighted by molar-refractivity contribution is -0.136. The van der Waals surface area contributed by atoms with E-state index in [0.717, 1.165) is 101 Å². The molecule has 0 radical (unpaired) electrons. The second kappa shape index (κ2) is 17.6. The number of carbonyl (C=O) groups excluding carboxylic acids is 3. The molecule has 3 amide bonds.